The topological polar surface area (TPSA) is 84.3 Å². The van der Waals surface area contributed by atoms with Crippen LogP contribution in [0.25, 0.3) is 11.3 Å². The van der Waals surface area contributed by atoms with Gasteiger partial charge in [0.25, 0.3) is 5.91 Å². The second-order valence-corrected chi connectivity index (χ2v) is 11.7. The van der Waals surface area contributed by atoms with Crippen LogP contribution in [0.15, 0.2) is 58.6 Å². The number of carbonyl (C=O) groups excluding carboxylic acids is 1. The van der Waals surface area contributed by atoms with E-state index in [9.17, 15) is 17.6 Å². The Kier molecular flexibility index (Phi) is 6.95. The lowest BCUT2D eigenvalue weighted by Gasteiger charge is -2.20. The van der Waals surface area contributed by atoms with Crippen molar-refractivity contribution in [1.29, 1.82) is 0 Å². The van der Waals surface area contributed by atoms with Gasteiger partial charge in [-0.3, -0.25) is 4.79 Å². The maximum atomic E-state index is 13.4. The van der Waals surface area contributed by atoms with Crippen molar-refractivity contribution in [2.24, 2.45) is 0 Å². The Hall–Kier alpha value is -2.69. The number of fused-ring (bicyclic) bond motifs is 1. The van der Waals surface area contributed by atoms with Crippen molar-refractivity contribution in [2.75, 3.05) is 18.8 Å². The van der Waals surface area contributed by atoms with Crippen molar-refractivity contribution in [3.8, 4) is 11.3 Å². The van der Waals surface area contributed by atoms with E-state index in [0.717, 1.165) is 60.1 Å². The molecule has 0 bridgehead atoms. The number of thioether (sulfide) groups is 1. The molecule has 0 spiro atoms. The van der Waals surface area contributed by atoms with Crippen LogP contribution in [0.5, 0.6) is 0 Å². The van der Waals surface area contributed by atoms with E-state index in [0.29, 0.717) is 18.7 Å². The largest absolute Gasteiger partial charge is 0.346 e. The number of rotatable bonds is 6. The molecule has 0 saturated carbocycles. The molecule has 1 N–H and O–H groups in total. The Morgan fingerprint density at radius 1 is 0.971 bits per heavy atom. The number of amides is 1. The lowest BCUT2D eigenvalue weighted by Crippen LogP contribution is -2.32. The van der Waals surface area contributed by atoms with Gasteiger partial charge in [-0.2, -0.15) is 4.31 Å². The molecule has 2 aromatic carbocycles. The van der Waals surface area contributed by atoms with E-state index in [-0.39, 0.29) is 23.2 Å². The van der Waals surface area contributed by atoms with Crippen LogP contribution in [0.3, 0.4) is 0 Å². The minimum absolute atomic E-state index is 0.209. The number of benzene rings is 2. The van der Waals surface area contributed by atoms with Gasteiger partial charge in [-0.15, -0.1) is 0 Å². The first kappa shape index (κ1) is 24.0. The summed E-state index contributed by atoms with van der Waals surface area (Å²) in [5, 5.41) is 3.83. The smallest absolute Gasteiger partial charge is 0.251 e. The zero-order valence-corrected chi connectivity index (χ0v) is 20.9. The zero-order chi connectivity index (χ0) is 24.4. The second kappa shape index (κ2) is 10.1. The maximum absolute atomic E-state index is 13.4. The van der Waals surface area contributed by atoms with E-state index in [1.807, 2.05) is 0 Å². The monoisotopic (exact) mass is 514 g/mol. The molecule has 1 fully saturated rings. The van der Waals surface area contributed by atoms with Gasteiger partial charge in [0.1, 0.15) is 5.82 Å². The summed E-state index contributed by atoms with van der Waals surface area (Å²) >= 11 is 1.65. The number of hydrogen-bond donors (Lipinski definition) is 1. The zero-order valence-electron chi connectivity index (χ0n) is 19.2. The minimum Gasteiger partial charge on any atom is -0.346 e. The molecular weight excluding hydrogens is 487 g/mol. The van der Waals surface area contributed by atoms with Crippen LogP contribution in [0.4, 0.5) is 4.39 Å². The number of nitrogens with zero attached hydrogens (tertiary/aromatic N) is 3. The quantitative estimate of drug-likeness (QED) is 0.531. The minimum atomic E-state index is -3.56. The number of hydrogen-bond acceptors (Lipinski definition) is 5. The van der Waals surface area contributed by atoms with Crippen molar-refractivity contribution in [3.63, 3.8) is 0 Å². The number of aromatic nitrogens is 2. The highest BCUT2D eigenvalue weighted by molar-refractivity contribution is 7.99. The molecule has 3 heterocycles. The Morgan fingerprint density at radius 3 is 2.34 bits per heavy atom. The van der Waals surface area contributed by atoms with Crippen molar-refractivity contribution in [3.05, 3.63) is 65.6 Å². The van der Waals surface area contributed by atoms with Gasteiger partial charge in [0.05, 0.1) is 22.8 Å². The molecule has 184 valence electrons. The third-order valence-corrected chi connectivity index (χ3v) is 9.31. The normalized spacial score (nSPS) is 16.6. The molecule has 0 unspecified atom stereocenters. The molecule has 3 aromatic rings. The summed E-state index contributed by atoms with van der Waals surface area (Å²) in [4.78, 5) is 17.8. The first-order valence-corrected chi connectivity index (χ1v) is 14.2. The van der Waals surface area contributed by atoms with Crippen LogP contribution in [0.1, 0.15) is 41.7 Å². The van der Waals surface area contributed by atoms with Crippen molar-refractivity contribution in [2.45, 2.75) is 48.8 Å². The third-order valence-electron chi connectivity index (χ3n) is 6.44. The lowest BCUT2D eigenvalue weighted by molar-refractivity contribution is 0.0950. The van der Waals surface area contributed by atoms with E-state index >= 15 is 0 Å². The molecule has 1 amide bonds. The van der Waals surface area contributed by atoms with Crippen LogP contribution >= 0.6 is 11.8 Å². The summed E-state index contributed by atoms with van der Waals surface area (Å²) in [6, 6.07) is 12.3. The number of imidazole rings is 1. The van der Waals surface area contributed by atoms with Gasteiger partial charge in [-0.05, 0) is 61.4 Å². The highest BCUT2D eigenvalue weighted by Gasteiger charge is 2.26. The molecule has 0 aliphatic carbocycles. The molecule has 35 heavy (non-hydrogen) atoms. The SMILES string of the molecule is O=C(NCc1c(-c2ccc(F)cc2)nc2n1CCS2)c1ccc(S(=O)(=O)N2CCCCCC2)cc1. The summed E-state index contributed by atoms with van der Waals surface area (Å²) in [5.41, 5.74) is 2.77. The van der Waals surface area contributed by atoms with E-state index in [4.69, 9.17) is 4.98 Å². The van der Waals surface area contributed by atoms with Crippen LogP contribution in [-0.2, 0) is 23.1 Å². The van der Waals surface area contributed by atoms with Gasteiger partial charge in [-0.25, -0.2) is 17.8 Å². The van der Waals surface area contributed by atoms with E-state index in [1.54, 1.807) is 40.3 Å². The molecule has 2 aliphatic heterocycles. The molecule has 0 atom stereocenters. The van der Waals surface area contributed by atoms with Crippen molar-refractivity contribution < 1.29 is 17.6 Å². The average molecular weight is 515 g/mol. The van der Waals surface area contributed by atoms with Gasteiger partial charge in [0, 0.05) is 36.5 Å². The van der Waals surface area contributed by atoms with E-state index in [1.165, 1.54) is 24.3 Å². The van der Waals surface area contributed by atoms with Crippen LogP contribution in [-0.4, -0.2) is 47.0 Å². The fraction of sp³-hybridized carbons (Fsp3) is 0.360. The fourth-order valence-corrected chi connectivity index (χ4v) is 7.01. The molecule has 2 aliphatic rings. The number of sulfonamides is 1. The highest BCUT2D eigenvalue weighted by atomic mass is 32.2. The second-order valence-electron chi connectivity index (χ2n) is 8.72. The van der Waals surface area contributed by atoms with Gasteiger partial charge >= 0.3 is 0 Å². The van der Waals surface area contributed by atoms with Crippen molar-refractivity contribution in [1.82, 2.24) is 19.2 Å². The third kappa shape index (κ3) is 5.00. The number of halogens is 1. The Morgan fingerprint density at radius 2 is 1.66 bits per heavy atom. The van der Waals surface area contributed by atoms with E-state index < -0.39 is 10.0 Å². The average Bonchev–Trinajstić information content (AvgIpc) is 3.33. The lowest BCUT2D eigenvalue weighted by atomic mass is 10.1. The number of nitrogens with one attached hydrogen (secondary N) is 1. The predicted octanol–water partition coefficient (Wildman–Crippen LogP) is 4.29. The molecule has 0 radical (unpaired) electrons. The highest BCUT2D eigenvalue weighted by Crippen LogP contribution is 2.33. The fourth-order valence-electron chi connectivity index (χ4n) is 4.53. The standard InChI is InChI=1S/C25H27FN4O3S2/c26-20-9-5-18(6-10-20)23-22(30-15-16-34-25(30)28-23)17-27-24(31)19-7-11-21(12-8-19)35(32,33)29-13-3-1-2-4-14-29/h5-12H,1-4,13-17H2,(H,27,31). The van der Waals surface area contributed by atoms with Gasteiger partial charge in [-0.1, -0.05) is 24.6 Å². The Labute approximate surface area is 208 Å². The van der Waals surface area contributed by atoms with Crippen molar-refractivity contribution >= 4 is 27.7 Å². The van der Waals surface area contributed by atoms with Crippen LogP contribution in [0, 0.1) is 5.82 Å². The van der Waals surface area contributed by atoms with Crippen LogP contribution in [0.2, 0.25) is 0 Å². The van der Waals surface area contributed by atoms with Gasteiger partial charge in [0.2, 0.25) is 10.0 Å². The van der Waals surface area contributed by atoms with Gasteiger partial charge in [0.15, 0.2) is 5.16 Å². The first-order valence-electron chi connectivity index (χ1n) is 11.8. The summed E-state index contributed by atoms with van der Waals surface area (Å²) in [6.07, 6.45) is 3.84. The Balaban J connectivity index is 1.31. The summed E-state index contributed by atoms with van der Waals surface area (Å²) < 4.78 is 43.0. The first-order chi connectivity index (χ1) is 16.9. The Bertz CT molecular complexity index is 1310. The van der Waals surface area contributed by atoms with E-state index in [2.05, 4.69) is 9.88 Å². The number of carbonyl (C=O) groups is 1. The van der Waals surface area contributed by atoms with Crippen LogP contribution < -0.4 is 5.32 Å². The molecule has 7 nitrogen and oxygen atoms in total. The summed E-state index contributed by atoms with van der Waals surface area (Å²) in [5.74, 6) is 0.306. The summed E-state index contributed by atoms with van der Waals surface area (Å²) in [7, 11) is -3.56. The summed E-state index contributed by atoms with van der Waals surface area (Å²) in [6.45, 7) is 2.12. The van der Waals surface area contributed by atoms with Gasteiger partial charge < -0.3 is 9.88 Å². The molecule has 10 heteroatoms. The predicted molar refractivity (Wildman–Crippen MR) is 133 cm³/mol. The maximum Gasteiger partial charge on any atom is 0.251 e. The molecular formula is C25H27FN4O3S2. The molecule has 1 aromatic heterocycles. The molecule has 5 rings (SSSR count). The molecule has 1 saturated heterocycles.